The first kappa shape index (κ1) is 15.7. The normalized spacial score (nSPS) is 12.8. The molecule has 5 aromatic rings. The fraction of sp³-hybridized carbons (Fsp3) is 0.211. The summed E-state index contributed by atoms with van der Waals surface area (Å²) in [6, 6.07) is 10.4. The van der Waals surface area contributed by atoms with Gasteiger partial charge in [-0.25, -0.2) is 9.97 Å². The molecule has 27 heavy (non-hydrogen) atoms. The van der Waals surface area contributed by atoms with Gasteiger partial charge in [0.15, 0.2) is 5.65 Å². The molecule has 0 aliphatic rings. The van der Waals surface area contributed by atoms with Crippen LogP contribution in [-0.4, -0.2) is 39.1 Å². The van der Waals surface area contributed by atoms with Crippen molar-refractivity contribution in [2.75, 3.05) is 0 Å². The molecule has 1 unspecified atom stereocenters. The predicted molar refractivity (Wildman–Crippen MR) is 100 cm³/mol. The summed E-state index contributed by atoms with van der Waals surface area (Å²) in [4.78, 5) is 8.85. The summed E-state index contributed by atoms with van der Waals surface area (Å²) in [5.41, 5.74) is 3.98. The second-order valence-electron chi connectivity index (χ2n) is 6.54. The number of hydrogen-bond donors (Lipinski definition) is 0. The second-order valence-corrected chi connectivity index (χ2v) is 6.54. The minimum absolute atomic E-state index is 0.0103. The van der Waals surface area contributed by atoms with Gasteiger partial charge in [0.1, 0.15) is 11.9 Å². The summed E-state index contributed by atoms with van der Waals surface area (Å²) in [5.74, 6) is 1.04. The zero-order valence-electron chi connectivity index (χ0n) is 15.1. The summed E-state index contributed by atoms with van der Waals surface area (Å²) >= 11 is 0. The van der Waals surface area contributed by atoms with Gasteiger partial charge >= 0.3 is 0 Å². The Bertz CT molecular complexity index is 1250. The van der Waals surface area contributed by atoms with Crippen molar-refractivity contribution in [2.24, 2.45) is 7.05 Å². The van der Waals surface area contributed by atoms with Crippen LogP contribution in [0.4, 0.5) is 0 Å². The number of tetrazole rings is 1. The Labute approximate surface area is 155 Å². The predicted octanol–water partition coefficient (Wildman–Crippen LogP) is 2.41. The lowest BCUT2D eigenvalue weighted by Gasteiger charge is -2.22. The first-order valence-corrected chi connectivity index (χ1v) is 8.85. The van der Waals surface area contributed by atoms with Crippen molar-refractivity contribution in [1.29, 1.82) is 0 Å². The number of nitrogens with zero attached hydrogens (tertiary/aromatic N) is 8. The number of fused-ring (bicyclic) bond motifs is 3. The molecule has 1 atom stereocenters. The third kappa shape index (κ3) is 2.41. The lowest BCUT2D eigenvalue weighted by Crippen LogP contribution is -2.17. The standard InChI is InChI=1S/C19H18N8/c1-3-17-21-8-9-26(17)19(16-11-20-12-25(16)2)14-4-6-15-13(10-14)5-7-18-22-23-24-27(15)18/h4-12,19H,3H2,1-2H3. The van der Waals surface area contributed by atoms with Gasteiger partial charge in [-0.3, -0.25) is 0 Å². The highest BCUT2D eigenvalue weighted by Gasteiger charge is 2.22. The van der Waals surface area contributed by atoms with Gasteiger partial charge in [-0.05, 0) is 40.3 Å². The van der Waals surface area contributed by atoms with Gasteiger partial charge in [0.2, 0.25) is 0 Å². The lowest BCUT2D eigenvalue weighted by molar-refractivity contribution is 0.600. The molecule has 4 aromatic heterocycles. The summed E-state index contributed by atoms with van der Waals surface area (Å²) in [7, 11) is 2.02. The summed E-state index contributed by atoms with van der Waals surface area (Å²) < 4.78 is 6.03. The molecule has 0 aliphatic carbocycles. The second kappa shape index (κ2) is 6.01. The number of benzene rings is 1. The molecule has 1 aromatic carbocycles. The van der Waals surface area contributed by atoms with E-state index in [1.165, 1.54) is 0 Å². The van der Waals surface area contributed by atoms with E-state index in [1.807, 2.05) is 38.0 Å². The highest BCUT2D eigenvalue weighted by Crippen LogP contribution is 2.30. The van der Waals surface area contributed by atoms with Gasteiger partial charge in [-0.15, -0.1) is 5.10 Å². The Balaban J connectivity index is 1.74. The Kier molecular flexibility index (Phi) is 3.49. The van der Waals surface area contributed by atoms with Gasteiger partial charge < -0.3 is 9.13 Å². The highest BCUT2D eigenvalue weighted by atomic mass is 15.5. The Morgan fingerprint density at radius 1 is 1.15 bits per heavy atom. The van der Waals surface area contributed by atoms with Crippen LogP contribution in [0.2, 0.25) is 0 Å². The summed E-state index contributed by atoms with van der Waals surface area (Å²) in [5, 5.41) is 13.0. The Morgan fingerprint density at radius 2 is 2.07 bits per heavy atom. The van der Waals surface area contributed by atoms with Crippen LogP contribution in [0.5, 0.6) is 0 Å². The van der Waals surface area contributed by atoms with Crippen molar-refractivity contribution in [1.82, 2.24) is 39.1 Å². The Hall–Kier alpha value is -3.55. The van der Waals surface area contributed by atoms with Gasteiger partial charge in [0, 0.05) is 31.2 Å². The minimum Gasteiger partial charge on any atom is -0.336 e. The molecule has 8 nitrogen and oxygen atoms in total. The molecule has 5 rings (SSSR count). The Morgan fingerprint density at radius 3 is 2.89 bits per heavy atom. The smallest absolute Gasteiger partial charge is 0.179 e. The quantitative estimate of drug-likeness (QED) is 0.493. The zero-order chi connectivity index (χ0) is 18.4. The van der Waals surface area contributed by atoms with Gasteiger partial charge in [0.05, 0.1) is 23.7 Å². The van der Waals surface area contributed by atoms with Crippen LogP contribution < -0.4 is 0 Å². The van der Waals surface area contributed by atoms with Crippen LogP contribution in [0.3, 0.4) is 0 Å². The first-order chi connectivity index (χ1) is 13.3. The maximum absolute atomic E-state index is 4.52. The average Bonchev–Trinajstić information content (AvgIpc) is 3.43. The number of aryl methyl sites for hydroxylation is 2. The van der Waals surface area contributed by atoms with E-state index in [2.05, 4.69) is 65.8 Å². The van der Waals surface area contributed by atoms with Gasteiger partial charge in [-0.1, -0.05) is 13.0 Å². The number of rotatable bonds is 4. The van der Waals surface area contributed by atoms with E-state index in [0.29, 0.717) is 0 Å². The number of imidazole rings is 2. The van der Waals surface area contributed by atoms with Crippen LogP contribution in [-0.2, 0) is 13.5 Å². The maximum atomic E-state index is 4.52. The fourth-order valence-corrected chi connectivity index (χ4v) is 3.66. The van der Waals surface area contributed by atoms with E-state index in [-0.39, 0.29) is 6.04 Å². The van der Waals surface area contributed by atoms with Crippen LogP contribution in [0.1, 0.15) is 30.0 Å². The van der Waals surface area contributed by atoms with Crippen molar-refractivity contribution in [3.8, 4) is 0 Å². The lowest BCUT2D eigenvalue weighted by atomic mass is 10.0. The molecule has 0 saturated heterocycles. The average molecular weight is 358 g/mol. The molecule has 0 N–H and O–H groups in total. The first-order valence-electron chi connectivity index (χ1n) is 8.85. The summed E-state index contributed by atoms with van der Waals surface area (Å²) in [6.45, 7) is 2.12. The number of aromatic nitrogens is 8. The number of pyridine rings is 1. The molecule has 0 bridgehead atoms. The van der Waals surface area contributed by atoms with Crippen LogP contribution in [0.25, 0.3) is 16.6 Å². The molecule has 0 amide bonds. The molecule has 0 fully saturated rings. The SMILES string of the molecule is CCc1nccn1C(c1ccc2c(ccc3nnnn32)c1)c1cncn1C. The zero-order valence-corrected chi connectivity index (χ0v) is 15.1. The van der Waals surface area contributed by atoms with Crippen molar-refractivity contribution >= 4 is 16.6 Å². The third-order valence-electron chi connectivity index (χ3n) is 4.98. The molecule has 4 heterocycles. The van der Waals surface area contributed by atoms with Gasteiger partial charge in [-0.2, -0.15) is 4.52 Å². The highest BCUT2D eigenvalue weighted by molar-refractivity contribution is 5.82. The van der Waals surface area contributed by atoms with Crippen LogP contribution >= 0.6 is 0 Å². The molecular formula is C19H18N8. The fourth-order valence-electron chi connectivity index (χ4n) is 3.66. The molecule has 0 saturated carbocycles. The molecular weight excluding hydrogens is 340 g/mol. The van der Waals surface area contributed by atoms with Crippen molar-refractivity contribution in [3.05, 3.63) is 72.3 Å². The molecule has 0 radical (unpaired) electrons. The monoisotopic (exact) mass is 358 g/mol. The largest absolute Gasteiger partial charge is 0.336 e. The van der Waals surface area contributed by atoms with Crippen molar-refractivity contribution in [3.63, 3.8) is 0 Å². The van der Waals surface area contributed by atoms with Crippen molar-refractivity contribution < 1.29 is 0 Å². The van der Waals surface area contributed by atoms with Gasteiger partial charge in [0.25, 0.3) is 0 Å². The third-order valence-corrected chi connectivity index (χ3v) is 4.98. The topological polar surface area (TPSA) is 78.7 Å². The van der Waals surface area contributed by atoms with E-state index >= 15 is 0 Å². The van der Waals surface area contributed by atoms with E-state index in [9.17, 15) is 0 Å². The van der Waals surface area contributed by atoms with E-state index < -0.39 is 0 Å². The van der Waals surface area contributed by atoms with E-state index in [4.69, 9.17) is 0 Å². The molecule has 134 valence electrons. The minimum atomic E-state index is -0.0103. The van der Waals surface area contributed by atoms with E-state index in [0.717, 1.165) is 40.1 Å². The van der Waals surface area contributed by atoms with Crippen LogP contribution in [0.15, 0.2) is 55.2 Å². The molecule has 8 heteroatoms. The maximum Gasteiger partial charge on any atom is 0.179 e. The summed E-state index contributed by atoms with van der Waals surface area (Å²) in [6.07, 6.45) is 8.49. The number of hydrogen-bond acceptors (Lipinski definition) is 5. The van der Waals surface area contributed by atoms with Crippen molar-refractivity contribution in [2.45, 2.75) is 19.4 Å². The molecule has 0 spiro atoms. The van der Waals surface area contributed by atoms with E-state index in [1.54, 1.807) is 4.52 Å². The molecule has 0 aliphatic heterocycles. The van der Waals surface area contributed by atoms with Crippen LogP contribution in [0, 0.1) is 0 Å².